The molecule has 1 N–H and O–H groups in total. The van der Waals surface area contributed by atoms with Gasteiger partial charge in [0.2, 0.25) is 0 Å². The van der Waals surface area contributed by atoms with E-state index < -0.39 is 0 Å². The summed E-state index contributed by atoms with van der Waals surface area (Å²) in [5.74, 6) is 5.20. The second-order valence-electron chi connectivity index (χ2n) is 12.2. The quantitative estimate of drug-likeness (QED) is 0.617. The zero-order valence-corrected chi connectivity index (χ0v) is 19.0. The lowest BCUT2D eigenvalue weighted by atomic mass is 9.44. The Morgan fingerprint density at radius 1 is 0.964 bits per heavy atom. The van der Waals surface area contributed by atoms with Gasteiger partial charge in [0.1, 0.15) is 5.78 Å². The summed E-state index contributed by atoms with van der Waals surface area (Å²) in [7, 11) is 0. The number of carbonyl (C=O) groups excluding carboxylic acids is 1. The van der Waals surface area contributed by atoms with Gasteiger partial charge in [-0.05, 0) is 91.3 Å². The molecular formula is C26H44O2. The lowest BCUT2D eigenvalue weighted by Crippen LogP contribution is -2.57. The largest absolute Gasteiger partial charge is 0.393 e. The zero-order valence-electron chi connectivity index (χ0n) is 19.0. The molecule has 0 aliphatic heterocycles. The van der Waals surface area contributed by atoms with Crippen molar-refractivity contribution in [3.63, 3.8) is 0 Å². The van der Waals surface area contributed by atoms with Crippen LogP contribution in [0.5, 0.6) is 0 Å². The molecule has 0 heterocycles. The van der Waals surface area contributed by atoms with Crippen LogP contribution in [-0.2, 0) is 4.79 Å². The lowest BCUT2D eigenvalue weighted by Gasteiger charge is -2.60. The van der Waals surface area contributed by atoms with E-state index in [1.54, 1.807) is 0 Å². The third kappa shape index (κ3) is 3.21. The molecular weight excluding hydrogens is 344 g/mol. The molecule has 0 aromatic carbocycles. The van der Waals surface area contributed by atoms with Gasteiger partial charge < -0.3 is 5.11 Å². The number of ketones is 1. The minimum Gasteiger partial charge on any atom is -0.393 e. The molecule has 28 heavy (non-hydrogen) atoms. The summed E-state index contributed by atoms with van der Waals surface area (Å²) < 4.78 is 0. The summed E-state index contributed by atoms with van der Waals surface area (Å²) in [6.07, 6.45) is 11.3. The minimum atomic E-state index is -0.187. The van der Waals surface area contributed by atoms with E-state index >= 15 is 0 Å². The summed E-state index contributed by atoms with van der Waals surface area (Å²) >= 11 is 0. The second kappa shape index (κ2) is 7.40. The van der Waals surface area contributed by atoms with E-state index in [1.807, 2.05) is 0 Å². The fourth-order valence-corrected chi connectivity index (χ4v) is 8.92. The lowest BCUT2D eigenvalue weighted by molar-refractivity contribution is -0.160. The van der Waals surface area contributed by atoms with E-state index in [9.17, 15) is 9.90 Å². The van der Waals surface area contributed by atoms with E-state index in [2.05, 4.69) is 34.6 Å². The van der Waals surface area contributed by atoms with Gasteiger partial charge in [-0.15, -0.1) is 0 Å². The predicted molar refractivity (Wildman–Crippen MR) is 115 cm³/mol. The molecule has 4 rings (SSSR count). The molecule has 4 saturated carbocycles. The molecule has 2 heteroatoms. The first kappa shape index (κ1) is 20.9. The summed E-state index contributed by atoms with van der Waals surface area (Å²) in [5, 5.41) is 10.4. The first-order chi connectivity index (χ1) is 13.2. The standard InChI is InChI=1S/C26H44O2/c1-16(2)6-7-17(3)20-10-11-21-19-14-24(28)23-9-8-18(27)15-26(23,5)22(19)12-13-25(20,21)4/h16-23,27H,6-15H2,1-5H3/t17?,18-,19-,20+,21-,22-,23+,25+,26+/m0/s1. The van der Waals surface area contributed by atoms with Crippen molar-refractivity contribution in [1.82, 2.24) is 0 Å². The molecule has 1 unspecified atom stereocenters. The molecule has 0 spiro atoms. The fourth-order valence-electron chi connectivity index (χ4n) is 8.92. The van der Waals surface area contributed by atoms with Crippen LogP contribution in [0.2, 0.25) is 0 Å². The maximum Gasteiger partial charge on any atom is 0.136 e. The third-order valence-corrected chi connectivity index (χ3v) is 10.3. The fraction of sp³-hybridized carbons (Fsp3) is 0.962. The van der Waals surface area contributed by atoms with Crippen molar-refractivity contribution in [2.45, 2.75) is 105 Å². The normalized spacial score (nSPS) is 49.5. The van der Waals surface area contributed by atoms with Crippen molar-refractivity contribution in [3.05, 3.63) is 0 Å². The average molecular weight is 389 g/mol. The molecule has 0 aromatic heterocycles. The number of aliphatic hydroxyl groups is 1. The van der Waals surface area contributed by atoms with E-state index in [0.717, 1.165) is 49.4 Å². The molecule has 160 valence electrons. The number of rotatable bonds is 4. The minimum absolute atomic E-state index is 0.0559. The molecule has 0 amide bonds. The average Bonchev–Trinajstić information content (AvgIpc) is 2.96. The van der Waals surface area contributed by atoms with Gasteiger partial charge in [0, 0.05) is 12.3 Å². The Balaban J connectivity index is 1.56. The van der Waals surface area contributed by atoms with E-state index in [0.29, 0.717) is 23.0 Å². The topological polar surface area (TPSA) is 37.3 Å². The number of hydrogen-bond donors (Lipinski definition) is 1. The van der Waals surface area contributed by atoms with Crippen molar-refractivity contribution in [2.75, 3.05) is 0 Å². The van der Waals surface area contributed by atoms with Crippen LogP contribution >= 0.6 is 0 Å². The van der Waals surface area contributed by atoms with Crippen molar-refractivity contribution in [1.29, 1.82) is 0 Å². The molecule has 4 aliphatic rings. The van der Waals surface area contributed by atoms with Crippen molar-refractivity contribution in [3.8, 4) is 0 Å². The van der Waals surface area contributed by atoms with Crippen LogP contribution in [0.15, 0.2) is 0 Å². The van der Waals surface area contributed by atoms with Gasteiger partial charge in [-0.1, -0.05) is 47.5 Å². The van der Waals surface area contributed by atoms with E-state index in [4.69, 9.17) is 0 Å². The third-order valence-electron chi connectivity index (χ3n) is 10.3. The molecule has 9 atom stereocenters. The summed E-state index contributed by atoms with van der Waals surface area (Å²) in [5.41, 5.74) is 0.495. The van der Waals surface area contributed by atoms with Crippen LogP contribution in [-0.4, -0.2) is 17.0 Å². The maximum absolute atomic E-state index is 13.2. The summed E-state index contributed by atoms with van der Waals surface area (Å²) in [6, 6.07) is 0. The Bertz CT molecular complexity index is 597. The Kier molecular flexibility index (Phi) is 5.52. The SMILES string of the molecule is CC(C)CCC(C)[C@H]1CC[C@H]2[C@@H]3CC(=O)[C@H]4CC[C@H](O)C[C@]4(C)[C@H]3CC[C@]12C. The van der Waals surface area contributed by atoms with E-state index in [-0.39, 0.29) is 17.4 Å². The van der Waals surface area contributed by atoms with Gasteiger partial charge >= 0.3 is 0 Å². The zero-order chi connectivity index (χ0) is 20.3. The van der Waals surface area contributed by atoms with Crippen molar-refractivity contribution >= 4 is 5.78 Å². The molecule has 2 nitrogen and oxygen atoms in total. The highest BCUT2D eigenvalue weighted by Gasteiger charge is 2.62. The van der Waals surface area contributed by atoms with Crippen LogP contribution in [0.1, 0.15) is 98.8 Å². The molecule has 0 radical (unpaired) electrons. The number of fused-ring (bicyclic) bond motifs is 5. The van der Waals surface area contributed by atoms with Gasteiger partial charge in [-0.25, -0.2) is 0 Å². The Morgan fingerprint density at radius 2 is 1.68 bits per heavy atom. The van der Waals surface area contributed by atoms with Crippen LogP contribution in [0.4, 0.5) is 0 Å². The van der Waals surface area contributed by atoms with E-state index in [1.165, 1.54) is 38.5 Å². The highest BCUT2D eigenvalue weighted by atomic mass is 16.3. The highest BCUT2D eigenvalue weighted by molar-refractivity contribution is 5.83. The van der Waals surface area contributed by atoms with Gasteiger partial charge in [-0.2, -0.15) is 0 Å². The molecule has 0 bridgehead atoms. The smallest absolute Gasteiger partial charge is 0.136 e. The maximum atomic E-state index is 13.2. The number of hydrogen-bond acceptors (Lipinski definition) is 2. The van der Waals surface area contributed by atoms with Crippen molar-refractivity contribution < 1.29 is 9.90 Å². The van der Waals surface area contributed by atoms with Gasteiger partial charge in [-0.3, -0.25) is 4.79 Å². The highest BCUT2D eigenvalue weighted by Crippen LogP contribution is 2.67. The second-order valence-corrected chi connectivity index (χ2v) is 12.2. The number of aliphatic hydroxyl groups excluding tert-OH is 1. The molecule has 0 aromatic rings. The monoisotopic (exact) mass is 388 g/mol. The van der Waals surface area contributed by atoms with Crippen LogP contribution < -0.4 is 0 Å². The Labute approximate surface area is 173 Å². The van der Waals surface area contributed by atoms with Crippen LogP contribution in [0, 0.1) is 52.3 Å². The number of Topliss-reactive ketones (excluding diaryl/α,β-unsaturated/α-hetero) is 1. The molecule has 4 aliphatic carbocycles. The molecule has 4 fully saturated rings. The molecule has 0 saturated heterocycles. The number of carbonyl (C=O) groups is 1. The summed E-state index contributed by atoms with van der Waals surface area (Å²) in [6.45, 7) is 12.2. The van der Waals surface area contributed by atoms with Gasteiger partial charge in [0.15, 0.2) is 0 Å². The van der Waals surface area contributed by atoms with Crippen molar-refractivity contribution in [2.24, 2.45) is 52.3 Å². The Morgan fingerprint density at radius 3 is 2.39 bits per heavy atom. The van der Waals surface area contributed by atoms with Crippen LogP contribution in [0.3, 0.4) is 0 Å². The predicted octanol–water partition coefficient (Wildman–Crippen LogP) is 6.26. The first-order valence-electron chi connectivity index (χ1n) is 12.4. The first-order valence-corrected chi connectivity index (χ1v) is 12.4. The van der Waals surface area contributed by atoms with Gasteiger partial charge in [0.25, 0.3) is 0 Å². The Hall–Kier alpha value is -0.370. The summed E-state index contributed by atoms with van der Waals surface area (Å²) in [4.78, 5) is 13.2. The van der Waals surface area contributed by atoms with Gasteiger partial charge in [0.05, 0.1) is 6.10 Å². The van der Waals surface area contributed by atoms with Crippen LogP contribution in [0.25, 0.3) is 0 Å².